The number of ether oxygens (including phenoxy) is 1. The number of rotatable bonds is 6. The van der Waals surface area contributed by atoms with E-state index in [-0.39, 0.29) is 5.91 Å². The molecule has 0 fully saturated rings. The second kappa shape index (κ2) is 6.99. The highest BCUT2D eigenvalue weighted by atomic mass is 16.5. The number of carbonyl (C=O) groups is 1. The number of H-pyrrole nitrogens is 1. The van der Waals surface area contributed by atoms with Gasteiger partial charge in [0.05, 0.1) is 25.0 Å². The molecule has 2 N–H and O–H groups in total. The summed E-state index contributed by atoms with van der Waals surface area (Å²) in [7, 11) is 1.62. The zero-order valence-corrected chi connectivity index (χ0v) is 13.6. The third-order valence-corrected chi connectivity index (χ3v) is 3.66. The van der Waals surface area contributed by atoms with Crippen LogP contribution in [0, 0.1) is 0 Å². The maximum atomic E-state index is 12.2. The lowest BCUT2D eigenvalue weighted by molar-refractivity contribution is 0.0945. The molecule has 7 heteroatoms. The van der Waals surface area contributed by atoms with Crippen molar-refractivity contribution in [3.05, 3.63) is 54.0 Å². The summed E-state index contributed by atoms with van der Waals surface area (Å²) in [5.74, 6) is 0.562. The summed E-state index contributed by atoms with van der Waals surface area (Å²) in [4.78, 5) is 12.2. The Balaban J connectivity index is 1.64. The first-order valence-electron chi connectivity index (χ1n) is 7.70. The minimum atomic E-state index is -0.215. The Kier molecular flexibility index (Phi) is 4.60. The van der Waals surface area contributed by atoms with Gasteiger partial charge >= 0.3 is 0 Å². The maximum absolute atomic E-state index is 12.2. The van der Waals surface area contributed by atoms with Crippen molar-refractivity contribution in [3.63, 3.8) is 0 Å². The van der Waals surface area contributed by atoms with Gasteiger partial charge in [0.1, 0.15) is 11.4 Å². The van der Waals surface area contributed by atoms with Crippen LogP contribution in [0.25, 0.3) is 11.3 Å². The fraction of sp³-hybridized carbons (Fsp3) is 0.235. The quantitative estimate of drug-likeness (QED) is 0.728. The molecule has 0 unspecified atom stereocenters. The van der Waals surface area contributed by atoms with Crippen LogP contribution in [0.4, 0.5) is 0 Å². The molecule has 0 atom stereocenters. The molecule has 0 saturated carbocycles. The zero-order valence-electron chi connectivity index (χ0n) is 13.6. The van der Waals surface area contributed by atoms with Crippen molar-refractivity contribution in [2.45, 2.75) is 20.0 Å². The topological polar surface area (TPSA) is 84.8 Å². The van der Waals surface area contributed by atoms with Gasteiger partial charge in [0, 0.05) is 18.3 Å². The molecule has 0 radical (unpaired) electrons. The van der Waals surface area contributed by atoms with Crippen molar-refractivity contribution >= 4 is 5.91 Å². The van der Waals surface area contributed by atoms with E-state index in [4.69, 9.17) is 4.74 Å². The Morgan fingerprint density at radius 3 is 2.75 bits per heavy atom. The van der Waals surface area contributed by atoms with E-state index in [1.165, 1.54) is 0 Å². The second-order valence-corrected chi connectivity index (χ2v) is 5.24. The third-order valence-electron chi connectivity index (χ3n) is 3.66. The van der Waals surface area contributed by atoms with E-state index in [0.717, 1.165) is 23.6 Å². The normalized spacial score (nSPS) is 10.6. The molecule has 0 aliphatic carbocycles. The summed E-state index contributed by atoms with van der Waals surface area (Å²) in [6.07, 6.45) is 1.89. The predicted octanol–water partition coefficient (Wildman–Crippen LogP) is 2.23. The minimum absolute atomic E-state index is 0.215. The fourth-order valence-electron chi connectivity index (χ4n) is 2.29. The number of hydrogen-bond acceptors (Lipinski definition) is 4. The van der Waals surface area contributed by atoms with Crippen LogP contribution in [-0.2, 0) is 13.1 Å². The molecular formula is C17H19N5O2. The van der Waals surface area contributed by atoms with Gasteiger partial charge in [0.25, 0.3) is 5.91 Å². The minimum Gasteiger partial charge on any atom is -0.497 e. The van der Waals surface area contributed by atoms with Gasteiger partial charge in [-0.15, -0.1) is 0 Å². The molecule has 7 nitrogen and oxygen atoms in total. The van der Waals surface area contributed by atoms with Gasteiger partial charge in [0.15, 0.2) is 0 Å². The van der Waals surface area contributed by atoms with Gasteiger partial charge < -0.3 is 10.1 Å². The number of benzene rings is 1. The SMILES string of the molecule is CCn1ccc(CNC(=O)c2cc(-c3ccc(OC)cc3)n[nH]2)n1. The van der Waals surface area contributed by atoms with Crippen molar-refractivity contribution in [1.82, 2.24) is 25.3 Å². The van der Waals surface area contributed by atoms with E-state index < -0.39 is 0 Å². The van der Waals surface area contributed by atoms with Crippen LogP contribution in [-0.4, -0.2) is 33.0 Å². The smallest absolute Gasteiger partial charge is 0.269 e. The summed E-state index contributed by atoms with van der Waals surface area (Å²) in [5.41, 5.74) is 2.85. The van der Waals surface area contributed by atoms with Crippen LogP contribution in [0.2, 0.25) is 0 Å². The Morgan fingerprint density at radius 1 is 1.29 bits per heavy atom. The predicted molar refractivity (Wildman–Crippen MR) is 89.6 cm³/mol. The van der Waals surface area contributed by atoms with Crippen molar-refractivity contribution in [2.75, 3.05) is 7.11 Å². The molecule has 0 saturated heterocycles. The summed E-state index contributed by atoms with van der Waals surface area (Å²) in [6.45, 7) is 3.20. The standard InChI is InChI=1S/C17H19N5O2/c1-3-22-9-8-13(21-22)11-18-17(23)16-10-15(19-20-16)12-4-6-14(24-2)7-5-12/h4-10H,3,11H2,1-2H3,(H,18,23)(H,19,20). The first kappa shape index (κ1) is 15.8. The number of aryl methyl sites for hydroxylation is 1. The van der Waals surface area contributed by atoms with Crippen molar-refractivity contribution in [1.29, 1.82) is 0 Å². The van der Waals surface area contributed by atoms with Crippen molar-refractivity contribution < 1.29 is 9.53 Å². The molecule has 1 aromatic carbocycles. The molecule has 0 aliphatic rings. The summed E-state index contributed by atoms with van der Waals surface area (Å²) >= 11 is 0. The van der Waals surface area contributed by atoms with Gasteiger partial charge in [0.2, 0.25) is 0 Å². The van der Waals surface area contributed by atoms with E-state index in [9.17, 15) is 4.79 Å². The fourth-order valence-corrected chi connectivity index (χ4v) is 2.29. The van der Waals surface area contributed by atoms with Gasteiger partial charge in [-0.2, -0.15) is 10.2 Å². The average molecular weight is 325 g/mol. The van der Waals surface area contributed by atoms with E-state index in [0.29, 0.717) is 17.9 Å². The third kappa shape index (κ3) is 3.45. The van der Waals surface area contributed by atoms with E-state index >= 15 is 0 Å². The lowest BCUT2D eigenvalue weighted by Gasteiger charge is -2.01. The van der Waals surface area contributed by atoms with Crippen LogP contribution in [0.1, 0.15) is 23.1 Å². The van der Waals surface area contributed by atoms with E-state index in [2.05, 4.69) is 20.6 Å². The second-order valence-electron chi connectivity index (χ2n) is 5.24. The summed E-state index contributed by atoms with van der Waals surface area (Å²) in [5, 5.41) is 14.1. The van der Waals surface area contributed by atoms with Gasteiger partial charge in [-0.3, -0.25) is 14.6 Å². The molecule has 0 bridgehead atoms. The number of aromatic nitrogens is 4. The number of amides is 1. The first-order chi connectivity index (χ1) is 11.7. The lowest BCUT2D eigenvalue weighted by Crippen LogP contribution is -2.23. The number of aromatic amines is 1. The van der Waals surface area contributed by atoms with Crippen molar-refractivity contribution in [3.8, 4) is 17.0 Å². The zero-order chi connectivity index (χ0) is 16.9. The maximum Gasteiger partial charge on any atom is 0.269 e. The van der Waals surface area contributed by atoms with E-state index in [1.807, 2.05) is 48.1 Å². The molecule has 2 aromatic heterocycles. The number of nitrogens with one attached hydrogen (secondary N) is 2. The summed E-state index contributed by atoms with van der Waals surface area (Å²) < 4.78 is 6.95. The Bertz CT molecular complexity index is 820. The molecule has 1 amide bonds. The highest BCUT2D eigenvalue weighted by Gasteiger charge is 2.11. The molecule has 3 rings (SSSR count). The first-order valence-corrected chi connectivity index (χ1v) is 7.70. The molecular weight excluding hydrogens is 306 g/mol. The van der Waals surface area contributed by atoms with E-state index in [1.54, 1.807) is 13.2 Å². The van der Waals surface area contributed by atoms with Crippen LogP contribution < -0.4 is 10.1 Å². The van der Waals surface area contributed by atoms with Gasteiger partial charge in [-0.1, -0.05) is 0 Å². The molecule has 24 heavy (non-hydrogen) atoms. The highest BCUT2D eigenvalue weighted by Crippen LogP contribution is 2.21. The molecule has 124 valence electrons. The number of nitrogens with zero attached hydrogens (tertiary/aromatic N) is 3. The van der Waals surface area contributed by atoms with Crippen LogP contribution in [0.5, 0.6) is 5.75 Å². The van der Waals surface area contributed by atoms with Crippen LogP contribution in [0.3, 0.4) is 0 Å². The van der Waals surface area contributed by atoms with Crippen LogP contribution >= 0.6 is 0 Å². The summed E-state index contributed by atoms with van der Waals surface area (Å²) in [6, 6.07) is 11.1. The van der Waals surface area contributed by atoms with Crippen molar-refractivity contribution in [2.24, 2.45) is 0 Å². The molecule has 2 heterocycles. The average Bonchev–Trinajstić information content (AvgIpc) is 3.29. The molecule has 3 aromatic rings. The lowest BCUT2D eigenvalue weighted by atomic mass is 10.1. The largest absolute Gasteiger partial charge is 0.497 e. The Hall–Kier alpha value is -3.09. The Labute approximate surface area is 139 Å². The number of methoxy groups -OCH3 is 1. The van der Waals surface area contributed by atoms with Crippen LogP contribution in [0.15, 0.2) is 42.6 Å². The molecule has 0 aliphatic heterocycles. The number of hydrogen-bond donors (Lipinski definition) is 2. The van der Waals surface area contributed by atoms with Gasteiger partial charge in [-0.05, 0) is 43.3 Å². The Morgan fingerprint density at radius 2 is 2.08 bits per heavy atom. The molecule has 0 spiro atoms. The highest BCUT2D eigenvalue weighted by molar-refractivity contribution is 5.93. The van der Waals surface area contributed by atoms with Gasteiger partial charge in [-0.25, -0.2) is 0 Å². The number of carbonyl (C=O) groups excluding carboxylic acids is 1. The monoisotopic (exact) mass is 325 g/mol.